The maximum Gasteiger partial charge on any atom is 0.328 e. The Kier molecular flexibility index (Phi) is 5.22. The summed E-state index contributed by atoms with van der Waals surface area (Å²) < 4.78 is 13.0. The Morgan fingerprint density at radius 2 is 1.88 bits per heavy atom. The number of hydrazone groups is 1. The SMILES string of the molecule is C[C@@H](O)[C@H](NC(=O)C1=NN(c2ccc(F)cc2)C(=O)CC1=O)C(=O)O. The van der Waals surface area contributed by atoms with Crippen molar-refractivity contribution >= 4 is 35.0 Å². The third-order valence-corrected chi connectivity index (χ3v) is 3.33. The number of aliphatic hydroxyl groups is 1. The van der Waals surface area contributed by atoms with Crippen LogP contribution in [0.1, 0.15) is 13.3 Å². The van der Waals surface area contributed by atoms with Gasteiger partial charge in [-0.1, -0.05) is 0 Å². The zero-order chi connectivity index (χ0) is 18.7. The molecule has 9 nitrogen and oxygen atoms in total. The Balaban J connectivity index is 2.31. The van der Waals surface area contributed by atoms with Crippen LogP contribution in [0.2, 0.25) is 0 Å². The number of ketones is 1. The molecule has 0 fully saturated rings. The molecule has 2 amide bonds. The van der Waals surface area contributed by atoms with Crippen molar-refractivity contribution in [2.24, 2.45) is 5.10 Å². The van der Waals surface area contributed by atoms with E-state index >= 15 is 0 Å². The van der Waals surface area contributed by atoms with Gasteiger partial charge in [-0.15, -0.1) is 0 Å². The maximum absolute atomic E-state index is 13.0. The fourth-order valence-electron chi connectivity index (χ4n) is 2.06. The minimum atomic E-state index is -1.65. The number of carbonyl (C=O) groups excluding carboxylic acids is 3. The van der Waals surface area contributed by atoms with Crippen molar-refractivity contribution in [1.82, 2.24) is 5.32 Å². The van der Waals surface area contributed by atoms with Gasteiger partial charge in [0.1, 0.15) is 5.82 Å². The molecule has 0 bridgehead atoms. The van der Waals surface area contributed by atoms with E-state index < -0.39 is 53.7 Å². The lowest BCUT2D eigenvalue weighted by atomic mass is 10.1. The number of anilines is 1. The predicted molar refractivity (Wildman–Crippen MR) is 82.2 cm³/mol. The molecule has 10 heteroatoms. The van der Waals surface area contributed by atoms with Crippen LogP contribution in [-0.2, 0) is 19.2 Å². The van der Waals surface area contributed by atoms with Gasteiger partial charge in [0, 0.05) is 0 Å². The van der Waals surface area contributed by atoms with E-state index in [1.54, 1.807) is 0 Å². The highest BCUT2D eigenvalue weighted by Crippen LogP contribution is 2.19. The molecule has 3 N–H and O–H groups in total. The topological polar surface area (TPSA) is 136 Å². The van der Waals surface area contributed by atoms with E-state index in [-0.39, 0.29) is 5.69 Å². The van der Waals surface area contributed by atoms with Crippen molar-refractivity contribution in [1.29, 1.82) is 0 Å². The average Bonchev–Trinajstić information content (AvgIpc) is 2.53. The van der Waals surface area contributed by atoms with Crippen LogP contribution in [0.25, 0.3) is 0 Å². The highest BCUT2D eigenvalue weighted by atomic mass is 19.1. The van der Waals surface area contributed by atoms with E-state index in [0.29, 0.717) is 0 Å². The number of hydrogen-bond donors (Lipinski definition) is 3. The van der Waals surface area contributed by atoms with Crippen molar-refractivity contribution in [3.8, 4) is 0 Å². The van der Waals surface area contributed by atoms with Gasteiger partial charge in [-0.3, -0.25) is 14.4 Å². The Labute approximate surface area is 140 Å². The molecule has 0 radical (unpaired) electrons. The second-order valence-corrected chi connectivity index (χ2v) is 5.26. The third kappa shape index (κ3) is 4.04. The molecular weight excluding hydrogens is 337 g/mol. The Bertz CT molecular complexity index is 759. The molecule has 0 aliphatic carbocycles. The van der Waals surface area contributed by atoms with Crippen molar-refractivity contribution in [3.63, 3.8) is 0 Å². The van der Waals surface area contributed by atoms with Crippen LogP contribution in [0.15, 0.2) is 29.4 Å². The Morgan fingerprint density at radius 1 is 1.28 bits per heavy atom. The van der Waals surface area contributed by atoms with Crippen molar-refractivity contribution in [2.45, 2.75) is 25.5 Å². The molecule has 2 atom stereocenters. The van der Waals surface area contributed by atoms with Crippen LogP contribution >= 0.6 is 0 Å². The molecule has 1 aliphatic rings. The smallest absolute Gasteiger partial charge is 0.328 e. The number of rotatable bonds is 5. The number of carboxylic acids is 1. The van der Waals surface area contributed by atoms with Crippen LogP contribution in [0, 0.1) is 5.82 Å². The highest BCUT2D eigenvalue weighted by molar-refractivity contribution is 6.67. The number of nitrogens with one attached hydrogen (secondary N) is 1. The molecule has 2 rings (SSSR count). The number of nitrogens with zero attached hydrogens (tertiary/aromatic N) is 2. The number of amides is 2. The number of carboxylic acid groups (broad SMARTS) is 1. The average molecular weight is 351 g/mol. The number of benzene rings is 1. The lowest BCUT2D eigenvalue weighted by Crippen LogP contribution is -2.52. The van der Waals surface area contributed by atoms with Gasteiger partial charge in [0.15, 0.2) is 17.5 Å². The summed E-state index contributed by atoms with van der Waals surface area (Å²) in [6.45, 7) is 1.15. The van der Waals surface area contributed by atoms with E-state index in [1.165, 1.54) is 12.1 Å². The summed E-state index contributed by atoms with van der Waals surface area (Å²) in [7, 11) is 0. The van der Waals surface area contributed by atoms with Crippen molar-refractivity contribution in [2.75, 3.05) is 5.01 Å². The number of aliphatic hydroxyl groups excluding tert-OH is 1. The first-order valence-corrected chi connectivity index (χ1v) is 7.12. The van der Waals surface area contributed by atoms with Crippen LogP contribution in [-0.4, -0.2) is 51.6 Å². The first-order chi connectivity index (χ1) is 11.7. The molecule has 1 heterocycles. The van der Waals surface area contributed by atoms with Crippen LogP contribution in [0.3, 0.4) is 0 Å². The highest BCUT2D eigenvalue weighted by Gasteiger charge is 2.35. The van der Waals surface area contributed by atoms with Gasteiger partial charge in [-0.25, -0.2) is 9.18 Å². The molecule has 1 aromatic rings. The van der Waals surface area contributed by atoms with Gasteiger partial charge in [-0.05, 0) is 31.2 Å². The van der Waals surface area contributed by atoms with Gasteiger partial charge in [0.05, 0.1) is 18.2 Å². The predicted octanol–water partition coefficient (Wildman–Crippen LogP) is -0.562. The van der Waals surface area contributed by atoms with Crippen LogP contribution in [0.5, 0.6) is 0 Å². The molecule has 1 aromatic carbocycles. The number of Topliss-reactive ketones (excluding diaryl/α,β-unsaturated/α-hetero) is 1. The zero-order valence-electron chi connectivity index (χ0n) is 13.0. The van der Waals surface area contributed by atoms with Crippen LogP contribution in [0.4, 0.5) is 10.1 Å². The first kappa shape index (κ1) is 18.2. The van der Waals surface area contributed by atoms with E-state index in [1.807, 2.05) is 5.32 Å². The first-order valence-electron chi connectivity index (χ1n) is 7.12. The summed E-state index contributed by atoms with van der Waals surface area (Å²) >= 11 is 0. The van der Waals surface area contributed by atoms with Gasteiger partial charge >= 0.3 is 5.97 Å². The Morgan fingerprint density at radius 3 is 2.40 bits per heavy atom. The summed E-state index contributed by atoms with van der Waals surface area (Å²) in [4.78, 5) is 47.0. The lowest BCUT2D eigenvalue weighted by Gasteiger charge is -2.23. The molecule has 0 unspecified atom stereocenters. The molecule has 1 aliphatic heterocycles. The summed E-state index contributed by atoms with van der Waals surface area (Å²) in [5.41, 5.74) is -0.551. The fraction of sp³-hybridized carbons (Fsp3) is 0.267. The van der Waals surface area contributed by atoms with Crippen molar-refractivity contribution < 1.29 is 33.8 Å². The number of halogens is 1. The Hall–Kier alpha value is -3.14. The second kappa shape index (κ2) is 7.18. The van der Waals surface area contributed by atoms with Gasteiger partial charge in [0.25, 0.3) is 11.8 Å². The number of carbonyl (C=O) groups is 4. The minimum Gasteiger partial charge on any atom is -0.480 e. The van der Waals surface area contributed by atoms with E-state index in [4.69, 9.17) is 5.11 Å². The minimum absolute atomic E-state index is 0.134. The maximum atomic E-state index is 13.0. The molecule has 25 heavy (non-hydrogen) atoms. The van der Waals surface area contributed by atoms with Crippen LogP contribution < -0.4 is 10.3 Å². The lowest BCUT2D eigenvalue weighted by molar-refractivity contribution is -0.144. The molecule has 0 saturated heterocycles. The standard InChI is InChI=1S/C15H14FN3O6/c1-7(20)12(15(24)25)17-14(23)13-10(21)6-11(22)19(18-13)9-4-2-8(16)3-5-9/h2-5,7,12,20H,6H2,1H3,(H,17,23)(H,24,25)/t7-,12+/m1/s1. The molecule has 132 valence electrons. The quantitative estimate of drug-likeness (QED) is 0.608. The fourth-order valence-corrected chi connectivity index (χ4v) is 2.06. The van der Waals surface area contributed by atoms with Crippen molar-refractivity contribution in [3.05, 3.63) is 30.1 Å². The summed E-state index contributed by atoms with van der Waals surface area (Å²) in [5.74, 6) is -4.81. The van der Waals surface area contributed by atoms with E-state index in [0.717, 1.165) is 24.1 Å². The van der Waals surface area contributed by atoms with Gasteiger partial charge in [0.2, 0.25) is 0 Å². The summed E-state index contributed by atoms with van der Waals surface area (Å²) in [6, 6.07) is 2.96. The van der Waals surface area contributed by atoms with Gasteiger partial charge in [-0.2, -0.15) is 10.1 Å². The van der Waals surface area contributed by atoms with E-state index in [2.05, 4.69) is 5.10 Å². The summed E-state index contributed by atoms with van der Waals surface area (Å²) in [6.07, 6.45) is -2.08. The van der Waals surface area contributed by atoms with Gasteiger partial charge < -0.3 is 15.5 Å². The normalized spacial score (nSPS) is 16.9. The third-order valence-electron chi connectivity index (χ3n) is 3.33. The number of aliphatic carboxylic acids is 1. The largest absolute Gasteiger partial charge is 0.480 e. The molecule has 0 aromatic heterocycles. The molecular formula is C15H14FN3O6. The molecule has 0 spiro atoms. The second-order valence-electron chi connectivity index (χ2n) is 5.26. The molecule has 0 saturated carbocycles. The number of hydrogen-bond acceptors (Lipinski definition) is 6. The summed E-state index contributed by atoms with van der Waals surface area (Å²) in [5, 5.41) is 24.7. The zero-order valence-corrected chi connectivity index (χ0v) is 13.0. The van der Waals surface area contributed by atoms with E-state index in [9.17, 15) is 28.7 Å². The monoisotopic (exact) mass is 351 g/mol.